The SMILES string of the molecule is C=CCN(C(C)C/C=N/O)S(C)(=O)=O. The summed E-state index contributed by atoms with van der Waals surface area (Å²) in [6, 6.07) is -0.237. The Hall–Kier alpha value is -0.880. The van der Waals surface area contributed by atoms with Crippen molar-refractivity contribution >= 4 is 16.2 Å². The van der Waals surface area contributed by atoms with Crippen LogP contribution in [0, 0.1) is 0 Å². The summed E-state index contributed by atoms with van der Waals surface area (Å²) in [5.41, 5.74) is 0. The van der Waals surface area contributed by atoms with Crippen molar-refractivity contribution in [3.8, 4) is 0 Å². The van der Waals surface area contributed by atoms with Gasteiger partial charge in [0.2, 0.25) is 10.0 Å². The van der Waals surface area contributed by atoms with Crippen molar-refractivity contribution in [1.82, 2.24) is 4.31 Å². The minimum atomic E-state index is -3.24. The monoisotopic (exact) mass is 220 g/mol. The van der Waals surface area contributed by atoms with E-state index in [1.807, 2.05) is 0 Å². The molecule has 0 bridgehead atoms. The zero-order valence-electron chi connectivity index (χ0n) is 8.42. The third-order valence-corrected chi connectivity index (χ3v) is 3.12. The van der Waals surface area contributed by atoms with E-state index in [0.717, 1.165) is 6.26 Å². The van der Waals surface area contributed by atoms with E-state index in [9.17, 15) is 8.42 Å². The van der Waals surface area contributed by atoms with Crippen LogP contribution in [0.3, 0.4) is 0 Å². The van der Waals surface area contributed by atoms with Gasteiger partial charge in [0, 0.05) is 25.2 Å². The molecule has 0 amide bonds. The third-order valence-electron chi connectivity index (χ3n) is 1.75. The molecule has 0 fully saturated rings. The molecule has 0 spiro atoms. The first-order valence-corrected chi connectivity index (χ1v) is 6.02. The standard InChI is InChI=1S/C8H16N2O3S/c1-4-7-10(14(3,12)13)8(2)5-6-9-11/h4,6,8,11H,1,5,7H2,2-3H3/b9-6+. The predicted octanol–water partition coefficient (Wildman–Crippen LogP) is 0.673. The Labute approximate surface area is 84.8 Å². The topological polar surface area (TPSA) is 70.0 Å². The molecule has 1 atom stereocenters. The minimum Gasteiger partial charge on any atom is -0.411 e. The summed E-state index contributed by atoms with van der Waals surface area (Å²) >= 11 is 0. The van der Waals surface area contributed by atoms with Gasteiger partial charge in [0.1, 0.15) is 0 Å². The van der Waals surface area contributed by atoms with E-state index in [4.69, 9.17) is 5.21 Å². The fraction of sp³-hybridized carbons (Fsp3) is 0.625. The van der Waals surface area contributed by atoms with E-state index < -0.39 is 10.0 Å². The maximum Gasteiger partial charge on any atom is 0.211 e. The maximum atomic E-state index is 11.3. The van der Waals surface area contributed by atoms with Crippen LogP contribution in [0.1, 0.15) is 13.3 Å². The summed E-state index contributed by atoms with van der Waals surface area (Å²) in [6.45, 7) is 5.49. The highest BCUT2D eigenvalue weighted by molar-refractivity contribution is 7.88. The van der Waals surface area contributed by atoms with Gasteiger partial charge in [-0.25, -0.2) is 8.42 Å². The van der Waals surface area contributed by atoms with Crippen LogP contribution in [0.25, 0.3) is 0 Å². The van der Waals surface area contributed by atoms with E-state index in [2.05, 4.69) is 11.7 Å². The lowest BCUT2D eigenvalue weighted by atomic mass is 10.2. The fourth-order valence-corrected chi connectivity index (χ4v) is 2.20. The Bertz CT molecular complexity index is 298. The van der Waals surface area contributed by atoms with Gasteiger partial charge in [-0.15, -0.1) is 11.7 Å². The molecule has 0 aliphatic carbocycles. The molecule has 0 heterocycles. The Kier molecular flexibility index (Phi) is 5.40. The highest BCUT2D eigenvalue weighted by atomic mass is 32.2. The van der Waals surface area contributed by atoms with Crippen molar-refractivity contribution in [2.75, 3.05) is 12.8 Å². The van der Waals surface area contributed by atoms with Gasteiger partial charge >= 0.3 is 0 Å². The van der Waals surface area contributed by atoms with Crippen LogP contribution in [0.2, 0.25) is 0 Å². The van der Waals surface area contributed by atoms with E-state index in [1.54, 1.807) is 6.92 Å². The number of nitrogens with zero attached hydrogens (tertiary/aromatic N) is 2. The maximum absolute atomic E-state index is 11.3. The van der Waals surface area contributed by atoms with Crippen LogP contribution >= 0.6 is 0 Å². The summed E-state index contributed by atoms with van der Waals surface area (Å²) in [5.74, 6) is 0. The van der Waals surface area contributed by atoms with Gasteiger partial charge < -0.3 is 5.21 Å². The lowest BCUT2D eigenvalue weighted by Crippen LogP contribution is -2.38. The van der Waals surface area contributed by atoms with E-state index in [0.29, 0.717) is 6.42 Å². The van der Waals surface area contributed by atoms with Gasteiger partial charge in [0.25, 0.3) is 0 Å². The Morgan fingerprint density at radius 1 is 1.64 bits per heavy atom. The molecule has 1 N–H and O–H groups in total. The summed E-state index contributed by atoms with van der Waals surface area (Å²) in [4.78, 5) is 0. The average Bonchev–Trinajstić information content (AvgIpc) is 2.08. The highest BCUT2D eigenvalue weighted by Gasteiger charge is 2.20. The number of sulfonamides is 1. The van der Waals surface area contributed by atoms with Gasteiger partial charge in [-0.3, -0.25) is 0 Å². The number of hydrogen-bond acceptors (Lipinski definition) is 4. The average molecular weight is 220 g/mol. The van der Waals surface area contributed by atoms with Crippen molar-refractivity contribution in [2.24, 2.45) is 5.16 Å². The predicted molar refractivity (Wildman–Crippen MR) is 56.1 cm³/mol. The van der Waals surface area contributed by atoms with Crippen LogP contribution in [0.15, 0.2) is 17.8 Å². The molecule has 5 nitrogen and oxygen atoms in total. The molecule has 0 saturated heterocycles. The highest BCUT2D eigenvalue weighted by Crippen LogP contribution is 2.07. The van der Waals surface area contributed by atoms with Crippen LogP contribution in [0.5, 0.6) is 0 Å². The third kappa shape index (κ3) is 4.38. The molecule has 14 heavy (non-hydrogen) atoms. The molecule has 1 unspecified atom stereocenters. The number of oxime groups is 1. The van der Waals surface area contributed by atoms with Crippen molar-refractivity contribution in [2.45, 2.75) is 19.4 Å². The summed E-state index contributed by atoms with van der Waals surface area (Å²) in [7, 11) is -3.24. The van der Waals surface area contributed by atoms with Crippen LogP contribution in [0.4, 0.5) is 0 Å². The Morgan fingerprint density at radius 2 is 2.21 bits per heavy atom. The first kappa shape index (κ1) is 13.1. The molecule has 0 aromatic rings. The molecule has 0 aromatic carbocycles. The molecule has 82 valence electrons. The second-order valence-corrected chi connectivity index (χ2v) is 4.94. The minimum absolute atomic E-state index is 0.237. The largest absolute Gasteiger partial charge is 0.411 e. The zero-order valence-corrected chi connectivity index (χ0v) is 9.24. The molecular formula is C8H16N2O3S. The second-order valence-electron chi connectivity index (χ2n) is 3.00. The molecule has 0 aromatic heterocycles. The smallest absolute Gasteiger partial charge is 0.211 e. The van der Waals surface area contributed by atoms with Crippen molar-refractivity contribution < 1.29 is 13.6 Å². The Balaban J connectivity index is 4.57. The first-order chi connectivity index (χ1) is 6.43. The van der Waals surface area contributed by atoms with Crippen molar-refractivity contribution in [3.05, 3.63) is 12.7 Å². The van der Waals surface area contributed by atoms with Crippen LogP contribution in [-0.2, 0) is 10.0 Å². The summed E-state index contributed by atoms with van der Waals surface area (Å²) in [6.07, 6.45) is 4.31. The molecular weight excluding hydrogens is 204 g/mol. The Morgan fingerprint density at radius 3 is 2.57 bits per heavy atom. The molecule has 0 saturated carbocycles. The molecule has 6 heteroatoms. The zero-order chi connectivity index (χ0) is 11.2. The summed E-state index contributed by atoms with van der Waals surface area (Å²) in [5, 5.41) is 11.0. The second kappa shape index (κ2) is 5.77. The van der Waals surface area contributed by atoms with E-state index in [1.165, 1.54) is 16.6 Å². The molecule has 0 rings (SSSR count). The normalized spacial score (nSPS) is 14.8. The number of hydrogen-bond donors (Lipinski definition) is 1. The van der Waals surface area contributed by atoms with Gasteiger partial charge in [-0.05, 0) is 6.92 Å². The molecule has 0 radical (unpaired) electrons. The van der Waals surface area contributed by atoms with Crippen molar-refractivity contribution in [1.29, 1.82) is 0 Å². The van der Waals surface area contributed by atoms with Crippen LogP contribution < -0.4 is 0 Å². The number of rotatable bonds is 6. The molecule has 0 aliphatic heterocycles. The fourth-order valence-electron chi connectivity index (χ4n) is 1.09. The quantitative estimate of drug-likeness (QED) is 0.309. The van der Waals surface area contributed by atoms with Crippen LogP contribution in [-0.4, -0.2) is 43.0 Å². The van der Waals surface area contributed by atoms with E-state index in [-0.39, 0.29) is 12.6 Å². The van der Waals surface area contributed by atoms with E-state index >= 15 is 0 Å². The lowest BCUT2D eigenvalue weighted by molar-refractivity contribution is 0.316. The molecule has 0 aliphatic rings. The first-order valence-electron chi connectivity index (χ1n) is 4.17. The van der Waals surface area contributed by atoms with Gasteiger partial charge in [-0.1, -0.05) is 6.08 Å². The lowest BCUT2D eigenvalue weighted by Gasteiger charge is -2.24. The van der Waals surface area contributed by atoms with Gasteiger partial charge in [0.05, 0.1) is 6.26 Å². The van der Waals surface area contributed by atoms with Gasteiger partial charge in [-0.2, -0.15) is 4.31 Å². The summed E-state index contributed by atoms with van der Waals surface area (Å²) < 4.78 is 23.9. The van der Waals surface area contributed by atoms with Gasteiger partial charge in [0.15, 0.2) is 0 Å². The van der Waals surface area contributed by atoms with Crippen molar-refractivity contribution in [3.63, 3.8) is 0 Å².